The molecule has 3 aromatic heterocycles. The summed E-state index contributed by atoms with van der Waals surface area (Å²) in [5.41, 5.74) is 3.36. The Morgan fingerprint density at radius 2 is 1.77 bits per heavy atom. The molecule has 0 aliphatic carbocycles. The molecule has 0 spiro atoms. The van der Waals surface area contributed by atoms with E-state index >= 15 is 0 Å². The summed E-state index contributed by atoms with van der Waals surface area (Å²) in [4.78, 5) is 65.4. The number of guanidine groups is 1. The third-order valence-electron chi connectivity index (χ3n) is 12.4. The van der Waals surface area contributed by atoms with Crippen molar-refractivity contribution in [1.82, 2.24) is 25.7 Å². The van der Waals surface area contributed by atoms with Gasteiger partial charge in [0.05, 0.1) is 41.9 Å². The molecule has 8 atom stereocenters. The van der Waals surface area contributed by atoms with E-state index in [2.05, 4.69) is 25.9 Å². The summed E-state index contributed by atoms with van der Waals surface area (Å²) < 4.78 is 26.0. The molecule has 23 heteroatoms. The van der Waals surface area contributed by atoms with Crippen molar-refractivity contribution >= 4 is 46.1 Å². The predicted molar refractivity (Wildman–Crippen MR) is 263 cm³/mol. The van der Waals surface area contributed by atoms with Crippen molar-refractivity contribution in [3.8, 4) is 33.9 Å². The number of ether oxygens (including phenoxy) is 3. The molecule has 13 N–H and O–H groups in total. The number of aryl methyl sites for hydroxylation is 2. The zero-order chi connectivity index (χ0) is 52.6. The van der Waals surface area contributed by atoms with Gasteiger partial charge in [0.15, 0.2) is 28.7 Å². The smallest absolute Gasteiger partial charge is 0.336 e. The first kappa shape index (κ1) is 53.4. The van der Waals surface area contributed by atoms with Crippen molar-refractivity contribution in [3.63, 3.8) is 0 Å². The highest BCUT2D eigenvalue weighted by Crippen LogP contribution is 2.45. The Morgan fingerprint density at radius 3 is 2.44 bits per heavy atom. The lowest BCUT2D eigenvalue weighted by Crippen LogP contribution is -2.83. The molecule has 0 saturated carbocycles. The number of aliphatic carboxylic acids is 1. The van der Waals surface area contributed by atoms with Crippen LogP contribution in [0.25, 0.3) is 44.3 Å². The van der Waals surface area contributed by atoms with Crippen molar-refractivity contribution in [2.75, 3.05) is 39.9 Å². The number of aromatic amines is 1. The van der Waals surface area contributed by atoms with Crippen LogP contribution in [0.15, 0.2) is 99.6 Å². The van der Waals surface area contributed by atoms with Crippen LogP contribution >= 0.6 is 0 Å². The third-order valence-corrected chi connectivity index (χ3v) is 12.4. The van der Waals surface area contributed by atoms with Gasteiger partial charge in [0.2, 0.25) is 24.7 Å². The molecule has 6 aromatic rings. The number of carboxylic acids is 1. The van der Waals surface area contributed by atoms with Crippen molar-refractivity contribution in [2.24, 2.45) is 10.7 Å². The quantitative estimate of drug-likeness (QED) is 0.00793. The van der Waals surface area contributed by atoms with E-state index in [1.54, 1.807) is 25.5 Å². The van der Waals surface area contributed by atoms with Gasteiger partial charge in [-0.15, -0.1) is 0 Å². The molecule has 1 aliphatic rings. The van der Waals surface area contributed by atoms with Gasteiger partial charge in [0, 0.05) is 49.3 Å². The molecule has 0 unspecified atom stereocenters. The van der Waals surface area contributed by atoms with Crippen LogP contribution in [0, 0.1) is 13.8 Å². The van der Waals surface area contributed by atoms with E-state index in [0.717, 1.165) is 11.1 Å². The second-order valence-electron chi connectivity index (χ2n) is 17.6. The number of aromatic nitrogens is 2. The number of benzene rings is 3. The number of nitrogens with one attached hydrogen (secondary N) is 4. The number of nitrogens with zero attached hydrogens (tertiary/aromatic N) is 2. The SMILES string of the molecule is CNCCN=C(N)N[C@H](OC(=O)[C@H](NCCC=O)C(=O)O)[C@@H]1O[C@H](Oc2ccc3c(=O)c(-c4ccc(O)cc4)coc3c2)[C@@H](On2cc3cc[nH]c3c2-c2cc(C)cc(C)c2)[C@@](O)([C@H](O)CCCO)[C@]1(O)CO. The van der Waals surface area contributed by atoms with Gasteiger partial charge in [0.25, 0.3) is 0 Å². The van der Waals surface area contributed by atoms with Gasteiger partial charge in [-0.2, -0.15) is 4.73 Å². The van der Waals surface area contributed by atoms with Crippen molar-refractivity contribution in [1.29, 1.82) is 0 Å². The molecule has 0 radical (unpaired) electrons. The summed E-state index contributed by atoms with van der Waals surface area (Å²) >= 11 is 0. The minimum Gasteiger partial charge on any atom is -0.508 e. The number of nitrogens with two attached hydrogens (primary N) is 1. The average Bonchev–Trinajstić information content (AvgIpc) is 3.95. The van der Waals surface area contributed by atoms with Gasteiger partial charge >= 0.3 is 11.9 Å². The number of phenolic OH excluding ortho intramolecular Hbond substituents is 1. The number of hydrogen-bond donors (Lipinski definition) is 12. The number of likely N-dealkylation sites (N-methyl/N-ethyl adjacent to an activating group) is 1. The zero-order valence-electron chi connectivity index (χ0n) is 40.1. The van der Waals surface area contributed by atoms with E-state index in [-0.39, 0.29) is 54.0 Å². The molecule has 1 saturated heterocycles. The fourth-order valence-corrected chi connectivity index (χ4v) is 8.89. The first-order valence-corrected chi connectivity index (χ1v) is 23.2. The molecule has 23 nitrogen and oxygen atoms in total. The monoisotopic (exact) mass is 1010 g/mol. The van der Waals surface area contributed by atoms with E-state index in [9.17, 15) is 54.9 Å². The highest BCUT2D eigenvalue weighted by Gasteiger charge is 2.72. The fraction of sp³-hybridized carbons (Fsp3) is 0.380. The molecule has 73 heavy (non-hydrogen) atoms. The lowest BCUT2D eigenvalue weighted by atomic mass is 9.68. The normalized spacial score (nSPS) is 21.4. The lowest BCUT2D eigenvalue weighted by Gasteiger charge is -2.57. The number of carbonyl (C=O) groups excluding carboxylic acids is 2. The summed E-state index contributed by atoms with van der Waals surface area (Å²) in [7, 11) is 1.64. The molecular weight excluding hydrogens is 955 g/mol. The Morgan fingerprint density at radius 1 is 1.03 bits per heavy atom. The number of fused-ring (bicyclic) bond motifs is 2. The van der Waals surface area contributed by atoms with E-state index in [4.69, 9.17) is 29.2 Å². The Labute approximate surface area is 416 Å². The summed E-state index contributed by atoms with van der Waals surface area (Å²) in [6.07, 6.45) is -6.78. The van der Waals surface area contributed by atoms with E-state index in [1.807, 2.05) is 32.0 Å². The Bertz CT molecular complexity index is 2970. The maximum absolute atomic E-state index is 13.9. The average molecular weight is 1010 g/mol. The summed E-state index contributed by atoms with van der Waals surface area (Å²) in [6, 6.07) is 15.3. The van der Waals surface area contributed by atoms with Gasteiger partial charge in [0.1, 0.15) is 35.3 Å². The molecule has 0 amide bonds. The van der Waals surface area contributed by atoms with Crippen LogP contribution in [0.2, 0.25) is 0 Å². The van der Waals surface area contributed by atoms with Crippen LogP contribution in [0.4, 0.5) is 0 Å². The van der Waals surface area contributed by atoms with Crippen LogP contribution in [-0.2, 0) is 23.9 Å². The highest BCUT2D eigenvalue weighted by atomic mass is 16.8. The van der Waals surface area contributed by atoms with Crippen LogP contribution < -0.4 is 36.7 Å². The minimum atomic E-state index is -3.23. The zero-order valence-corrected chi connectivity index (χ0v) is 40.1. The predicted octanol–water partition coefficient (Wildman–Crippen LogP) is 0.546. The van der Waals surface area contributed by atoms with Crippen LogP contribution in [0.1, 0.15) is 30.4 Å². The highest BCUT2D eigenvalue weighted by molar-refractivity contribution is 5.98. The molecule has 1 aliphatic heterocycles. The number of carbonyl (C=O) groups is 3. The molecule has 390 valence electrons. The first-order valence-electron chi connectivity index (χ1n) is 23.2. The summed E-state index contributed by atoms with van der Waals surface area (Å²) in [6.45, 7) is 1.82. The number of aliphatic hydroxyl groups is 5. The largest absolute Gasteiger partial charge is 0.508 e. The van der Waals surface area contributed by atoms with E-state index in [1.165, 1.54) is 53.5 Å². The second kappa shape index (κ2) is 23.0. The van der Waals surface area contributed by atoms with E-state index < -0.39 is 91.0 Å². The van der Waals surface area contributed by atoms with Gasteiger partial charge in [-0.3, -0.25) is 15.1 Å². The number of aliphatic hydroxyl groups excluding tert-OH is 3. The topological polar surface area (TPSA) is 355 Å². The van der Waals surface area contributed by atoms with Gasteiger partial charge in [-0.1, -0.05) is 29.3 Å². The number of hydrogen-bond acceptors (Lipinski definition) is 18. The number of rotatable bonds is 23. The number of carboxylic acid groups (broad SMARTS) is 1. The van der Waals surface area contributed by atoms with E-state index in [0.29, 0.717) is 40.6 Å². The van der Waals surface area contributed by atoms with Crippen molar-refractivity contribution in [2.45, 2.75) is 81.2 Å². The van der Waals surface area contributed by atoms with Crippen LogP contribution in [-0.4, -0.2) is 158 Å². The fourth-order valence-electron chi connectivity index (χ4n) is 8.89. The Hall–Kier alpha value is -7.35. The second-order valence-corrected chi connectivity index (χ2v) is 17.6. The van der Waals surface area contributed by atoms with Gasteiger partial charge < -0.3 is 85.4 Å². The lowest BCUT2D eigenvalue weighted by molar-refractivity contribution is -0.387. The van der Waals surface area contributed by atoms with Crippen LogP contribution in [0.5, 0.6) is 11.5 Å². The Balaban J connectivity index is 1.42. The van der Waals surface area contributed by atoms with Gasteiger partial charge in [-0.25, -0.2) is 9.59 Å². The third kappa shape index (κ3) is 11.2. The standard InChI is InChI=1S/C50H59N7O16/c1-27-20-28(2)22-31(21-27)40-38-30(13-15-54-38)24-57(40)73-43-47(70-33-11-12-34-36(23-33)69-25-35(41(34)63)29-7-9-32(61)10-8-29)71-42(49(67,26-60)50(43,68)37(62)6-4-18-58)44(56-48(51)55-17-16-52-3)72-46(66)39(45(64)65)53-14-5-19-59/h7-13,15,19-25,37,39,42-44,47,52-54,58,60-62,67-68H,4-6,14,16-18,26H2,1-3H3,(H,64,65)(H3,51,55,56)/t37-,39-,42+,43-,44-,47+,49+,50+/m1/s1. The Kier molecular flexibility index (Phi) is 16.9. The maximum Gasteiger partial charge on any atom is 0.336 e. The molecular formula is C50H59N7O16. The van der Waals surface area contributed by atoms with Crippen molar-refractivity contribution < 1.29 is 73.6 Å². The molecule has 4 heterocycles. The van der Waals surface area contributed by atoms with Crippen molar-refractivity contribution in [3.05, 3.63) is 107 Å². The number of H-pyrrole nitrogens is 1. The van der Waals surface area contributed by atoms with Crippen LogP contribution in [0.3, 0.4) is 0 Å². The number of aromatic hydroxyl groups is 1. The number of aliphatic imine (C=N–C) groups is 1. The maximum atomic E-state index is 13.9. The molecule has 3 aromatic carbocycles. The molecule has 1 fully saturated rings. The summed E-state index contributed by atoms with van der Waals surface area (Å²) in [5, 5.41) is 88.9. The number of aldehydes is 1. The van der Waals surface area contributed by atoms with Gasteiger partial charge in [-0.05, 0) is 81.8 Å². The number of phenols is 1. The molecule has 0 bridgehead atoms. The first-order chi connectivity index (χ1) is 35.0. The summed E-state index contributed by atoms with van der Waals surface area (Å²) in [5.74, 6) is -3.87. The minimum absolute atomic E-state index is 0.00224. The molecule has 7 rings (SSSR count). The number of esters is 1.